The molecule has 3 aliphatic rings. The molecule has 6 heteroatoms. The van der Waals surface area contributed by atoms with E-state index in [1.165, 1.54) is 11.3 Å². The van der Waals surface area contributed by atoms with E-state index < -0.39 is 5.91 Å². The van der Waals surface area contributed by atoms with Gasteiger partial charge in [0.1, 0.15) is 0 Å². The van der Waals surface area contributed by atoms with Crippen LogP contribution >= 0.6 is 0 Å². The monoisotopic (exact) mass is 421 g/mol. The van der Waals surface area contributed by atoms with Crippen LogP contribution in [0.15, 0.2) is 18.2 Å². The molecular weight excluding hydrogens is 390 g/mol. The van der Waals surface area contributed by atoms with Crippen LogP contribution in [0, 0.1) is 5.41 Å². The zero-order chi connectivity index (χ0) is 21.8. The molecule has 0 bridgehead atoms. The van der Waals surface area contributed by atoms with Crippen molar-refractivity contribution in [3.05, 3.63) is 46.3 Å². The van der Waals surface area contributed by atoms with E-state index in [2.05, 4.69) is 23.7 Å². The lowest BCUT2D eigenvalue weighted by molar-refractivity contribution is 0.0902. The van der Waals surface area contributed by atoms with E-state index in [0.717, 1.165) is 74.4 Å². The Balaban J connectivity index is 1.62. The average Bonchev–Trinajstić information content (AvgIpc) is 3.27. The molecule has 1 fully saturated rings. The van der Waals surface area contributed by atoms with Gasteiger partial charge in [-0.1, -0.05) is 13.8 Å². The fourth-order valence-corrected chi connectivity index (χ4v) is 5.61. The van der Waals surface area contributed by atoms with Crippen molar-refractivity contribution in [3.8, 4) is 5.69 Å². The summed E-state index contributed by atoms with van der Waals surface area (Å²) in [6.45, 7) is 5.79. The minimum Gasteiger partial charge on any atom is -0.381 e. The van der Waals surface area contributed by atoms with Crippen molar-refractivity contribution >= 4 is 17.4 Å². The molecule has 0 atom stereocenters. The summed E-state index contributed by atoms with van der Waals surface area (Å²) >= 11 is 0. The molecule has 0 saturated carbocycles. The third kappa shape index (κ3) is 3.57. The molecule has 2 aromatic rings. The molecule has 31 heavy (non-hydrogen) atoms. The summed E-state index contributed by atoms with van der Waals surface area (Å²) in [6, 6.07) is 6.09. The van der Waals surface area contributed by atoms with Gasteiger partial charge in [-0.25, -0.2) is 0 Å². The number of hydrogen-bond donors (Lipinski definition) is 2. The Kier molecular flexibility index (Phi) is 4.93. The number of primary amides is 1. The van der Waals surface area contributed by atoms with E-state index in [4.69, 9.17) is 10.5 Å². The van der Waals surface area contributed by atoms with Crippen molar-refractivity contribution in [1.29, 1.82) is 0 Å². The van der Waals surface area contributed by atoms with Gasteiger partial charge in [0.2, 0.25) is 0 Å². The highest BCUT2D eigenvalue weighted by molar-refractivity contribution is 6.01. The summed E-state index contributed by atoms with van der Waals surface area (Å²) < 4.78 is 7.77. The fraction of sp³-hybridized carbons (Fsp3) is 0.520. The number of ether oxygens (including phenoxy) is 1. The first-order chi connectivity index (χ1) is 14.8. The molecule has 2 aliphatic carbocycles. The quantitative estimate of drug-likeness (QED) is 0.786. The van der Waals surface area contributed by atoms with Crippen molar-refractivity contribution in [1.82, 2.24) is 4.57 Å². The third-order valence-electron chi connectivity index (χ3n) is 6.99. The summed E-state index contributed by atoms with van der Waals surface area (Å²) in [4.78, 5) is 25.2. The highest BCUT2D eigenvalue weighted by atomic mass is 16.5. The third-order valence-corrected chi connectivity index (χ3v) is 6.99. The van der Waals surface area contributed by atoms with Gasteiger partial charge in [-0.2, -0.15) is 0 Å². The Labute approximate surface area is 183 Å². The molecule has 0 radical (unpaired) electrons. The van der Waals surface area contributed by atoms with Crippen LogP contribution < -0.4 is 11.1 Å². The van der Waals surface area contributed by atoms with Crippen LogP contribution in [0.5, 0.6) is 0 Å². The number of rotatable bonds is 4. The van der Waals surface area contributed by atoms with Gasteiger partial charge >= 0.3 is 0 Å². The molecule has 1 saturated heterocycles. The summed E-state index contributed by atoms with van der Waals surface area (Å²) in [5.41, 5.74) is 12.5. The second kappa shape index (κ2) is 7.52. The first-order valence-corrected chi connectivity index (χ1v) is 11.4. The standard InChI is InChI=1S/C25H31N3O3/c1-25(2)13-21-23(22(29)14-25)18-4-3-5-20(18)28(21)16-6-7-17(24(26)30)19(12-16)27-15-8-10-31-11-9-15/h6-7,12,15,27H,3-5,8-11,13-14H2,1-2H3,(H2,26,30). The smallest absolute Gasteiger partial charge is 0.250 e. The Hall–Kier alpha value is -2.60. The van der Waals surface area contributed by atoms with Crippen molar-refractivity contribution in [3.63, 3.8) is 0 Å². The Morgan fingerprint density at radius 2 is 1.94 bits per heavy atom. The van der Waals surface area contributed by atoms with Crippen LogP contribution in [0.4, 0.5) is 5.69 Å². The number of carbonyl (C=O) groups excluding carboxylic acids is 2. The molecule has 6 nitrogen and oxygen atoms in total. The fourth-order valence-electron chi connectivity index (χ4n) is 5.61. The minimum absolute atomic E-state index is 0.0513. The first kappa shape index (κ1) is 20.3. The lowest BCUT2D eigenvalue weighted by Crippen LogP contribution is -2.29. The molecular formula is C25H31N3O3. The van der Waals surface area contributed by atoms with Gasteiger partial charge in [0.05, 0.1) is 5.56 Å². The molecule has 1 aromatic carbocycles. The van der Waals surface area contributed by atoms with Crippen molar-refractivity contribution < 1.29 is 14.3 Å². The maximum atomic E-state index is 13.1. The van der Waals surface area contributed by atoms with Gasteiger partial charge < -0.3 is 20.4 Å². The molecule has 5 rings (SSSR count). The van der Waals surface area contributed by atoms with E-state index in [1.54, 1.807) is 0 Å². The number of ketones is 1. The molecule has 3 N–H and O–H groups in total. The lowest BCUT2D eigenvalue weighted by atomic mass is 9.75. The summed E-state index contributed by atoms with van der Waals surface area (Å²) in [6.07, 6.45) is 6.33. The van der Waals surface area contributed by atoms with Crippen molar-refractivity contribution in [2.75, 3.05) is 18.5 Å². The number of amides is 1. The number of hydrogen-bond acceptors (Lipinski definition) is 4. The number of aromatic nitrogens is 1. The summed E-state index contributed by atoms with van der Waals surface area (Å²) in [7, 11) is 0. The van der Waals surface area contributed by atoms with Gasteiger partial charge in [0, 0.05) is 54.0 Å². The molecule has 1 aromatic heterocycles. The zero-order valence-electron chi connectivity index (χ0n) is 18.4. The highest BCUT2D eigenvalue weighted by Crippen LogP contribution is 2.43. The van der Waals surface area contributed by atoms with Crippen LogP contribution in [0.2, 0.25) is 0 Å². The van der Waals surface area contributed by atoms with Gasteiger partial charge in [0.25, 0.3) is 5.91 Å². The van der Waals surface area contributed by atoms with Crippen LogP contribution in [0.1, 0.15) is 77.2 Å². The van der Waals surface area contributed by atoms with E-state index in [1.807, 2.05) is 18.2 Å². The van der Waals surface area contributed by atoms with E-state index in [0.29, 0.717) is 12.0 Å². The van der Waals surface area contributed by atoms with E-state index in [9.17, 15) is 9.59 Å². The number of fused-ring (bicyclic) bond motifs is 3. The van der Waals surface area contributed by atoms with Gasteiger partial charge in [-0.15, -0.1) is 0 Å². The second-order valence-electron chi connectivity index (χ2n) is 10.0. The van der Waals surface area contributed by atoms with E-state index in [-0.39, 0.29) is 17.2 Å². The number of Topliss-reactive ketones (excluding diaryl/α,β-unsaturated/α-hetero) is 1. The largest absolute Gasteiger partial charge is 0.381 e. The normalized spacial score (nSPS) is 20.4. The van der Waals surface area contributed by atoms with Crippen LogP contribution in [-0.4, -0.2) is 35.5 Å². The number of nitrogens with zero attached hydrogens (tertiary/aromatic N) is 1. The lowest BCUT2D eigenvalue weighted by Gasteiger charge is -2.30. The SMILES string of the molecule is CC1(C)CC(=O)c2c3c(n(-c4ccc(C(N)=O)c(NC5CCOCC5)c4)c2C1)CCC3. The number of carbonyl (C=O) groups is 2. The average molecular weight is 422 g/mol. The number of nitrogens with two attached hydrogens (primary N) is 1. The van der Waals surface area contributed by atoms with Crippen LogP contribution in [-0.2, 0) is 24.0 Å². The van der Waals surface area contributed by atoms with Gasteiger partial charge in [0.15, 0.2) is 5.78 Å². The number of nitrogens with one attached hydrogen (secondary N) is 1. The van der Waals surface area contributed by atoms with Crippen molar-refractivity contribution in [2.24, 2.45) is 11.1 Å². The summed E-state index contributed by atoms with van der Waals surface area (Å²) in [5.74, 6) is -0.158. The van der Waals surface area contributed by atoms with Gasteiger partial charge in [-0.05, 0) is 67.7 Å². The number of benzene rings is 1. The number of anilines is 1. The molecule has 1 aliphatic heterocycles. The Morgan fingerprint density at radius 3 is 2.68 bits per heavy atom. The first-order valence-electron chi connectivity index (χ1n) is 11.4. The second-order valence-corrected chi connectivity index (χ2v) is 10.0. The topological polar surface area (TPSA) is 86.4 Å². The highest BCUT2D eigenvalue weighted by Gasteiger charge is 2.38. The predicted molar refractivity (Wildman–Crippen MR) is 120 cm³/mol. The maximum absolute atomic E-state index is 13.1. The molecule has 0 spiro atoms. The Morgan fingerprint density at radius 1 is 1.16 bits per heavy atom. The van der Waals surface area contributed by atoms with Crippen LogP contribution in [0.3, 0.4) is 0 Å². The van der Waals surface area contributed by atoms with E-state index >= 15 is 0 Å². The van der Waals surface area contributed by atoms with Gasteiger partial charge in [-0.3, -0.25) is 9.59 Å². The molecule has 2 heterocycles. The summed E-state index contributed by atoms with van der Waals surface area (Å²) in [5, 5.41) is 3.54. The van der Waals surface area contributed by atoms with Crippen molar-refractivity contribution in [2.45, 2.75) is 64.8 Å². The molecule has 1 amide bonds. The Bertz CT molecular complexity index is 1060. The van der Waals surface area contributed by atoms with Crippen LogP contribution in [0.25, 0.3) is 5.69 Å². The zero-order valence-corrected chi connectivity index (χ0v) is 18.4. The molecule has 0 unspecified atom stereocenters. The molecule has 164 valence electrons. The maximum Gasteiger partial charge on any atom is 0.250 e. The predicted octanol–water partition coefficient (Wildman–Crippen LogP) is 3.81. The minimum atomic E-state index is -0.433.